The van der Waals surface area contributed by atoms with Crippen molar-refractivity contribution in [2.45, 2.75) is 17.1 Å². The van der Waals surface area contributed by atoms with E-state index in [0.717, 1.165) is 10.5 Å². The highest BCUT2D eigenvalue weighted by Crippen LogP contribution is 2.29. The summed E-state index contributed by atoms with van der Waals surface area (Å²) in [6.45, 7) is 1.80. The average Bonchev–Trinajstić information content (AvgIpc) is 2.98. The van der Waals surface area contributed by atoms with Crippen LogP contribution in [0.1, 0.15) is 22.8 Å². The highest BCUT2D eigenvalue weighted by molar-refractivity contribution is 8.00. The lowest BCUT2D eigenvalue weighted by molar-refractivity contribution is -0.115. The van der Waals surface area contributed by atoms with Crippen LogP contribution >= 0.6 is 23.4 Å². The third kappa shape index (κ3) is 8.48. The molecule has 0 heterocycles. The van der Waals surface area contributed by atoms with Crippen molar-refractivity contribution in [1.29, 1.82) is 0 Å². The number of ether oxygens (including phenoxy) is 1. The summed E-state index contributed by atoms with van der Waals surface area (Å²) in [4.78, 5) is 39.5. The zero-order valence-corrected chi connectivity index (χ0v) is 24.0. The number of amides is 3. The Morgan fingerprint density at radius 3 is 2.10 bits per heavy atom. The number of carbonyl (C=O) groups excluding carboxylic acids is 3. The standard InChI is InChI=1S/C32H28ClN3O4S/c1-21(30(37)35-25-15-18-29(40-2)27(33)20-25)41-26-16-13-24(14-17-26)34-32(39)28(19-22-9-5-3-6-10-22)36-31(38)23-11-7-4-8-12-23/h3-21H,1-2H3,(H,34,39)(H,35,37)(H,36,38)/b28-19-. The van der Waals surface area contributed by atoms with E-state index in [1.807, 2.05) is 48.5 Å². The van der Waals surface area contributed by atoms with Gasteiger partial charge in [-0.25, -0.2) is 0 Å². The number of benzene rings is 4. The van der Waals surface area contributed by atoms with Crippen LogP contribution in [0.15, 0.2) is 114 Å². The Morgan fingerprint density at radius 2 is 1.46 bits per heavy atom. The van der Waals surface area contributed by atoms with Gasteiger partial charge in [0.05, 0.1) is 17.4 Å². The molecule has 3 N–H and O–H groups in total. The van der Waals surface area contributed by atoms with Crippen molar-refractivity contribution in [3.63, 3.8) is 0 Å². The summed E-state index contributed by atoms with van der Waals surface area (Å²) in [6.07, 6.45) is 1.62. The molecule has 4 aromatic rings. The fourth-order valence-electron chi connectivity index (χ4n) is 3.72. The van der Waals surface area contributed by atoms with Crippen molar-refractivity contribution in [3.05, 3.63) is 125 Å². The van der Waals surface area contributed by atoms with Gasteiger partial charge in [0.25, 0.3) is 11.8 Å². The zero-order valence-electron chi connectivity index (χ0n) is 22.4. The van der Waals surface area contributed by atoms with Crippen LogP contribution in [0, 0.1) is 0 Å². The summed E-state index contributed by atoms with van der Waals surface area (Å²) in [5.41, 5.74) is 2.42. The van der Waals surface area contributed by atoms with Gasteiger partial charge < -0.3 is 20.7 Å². The van der Waals surface area contributed by atoms with E-state index in [-0.39, 0.29) is 17.5 Å². The number of hydrogen-bond donors (Lipinski definition) is 3. The van der Waals surface area contributed by atoms with Crippen LogP contribution in [0.4, 0.5) is 11.4 Å². The Morgan fingerprint density at radius 1 is 0.829 bits per heavy atom. The molecule has 4 aromatic carbocycles. The van der Waals surface area contributed by atoms with Gasteiger partial charge in [0.2, 0.25) is 5.91 Å². The highest BCUT2D eigenvalue weighted by atomic mass is 35.5. The number of hydrogen-bond acceptors (Lipinski definition) is 5. The molecule has 208 valence electrons. The minimum absolute atomic E-state index is 0.104. The second-order valence-electron chi connectivity index (χ2n) is 8.87. The summed E-state index contributed by atoms with van der Waals surface area (Å²) in [6, 6.07) is 30.1. The minimum atomic E-state index is -0.468. The first-order chi connectivity index (χ1) is 19.8. The molecule has 0 bridgehead atoms. The third-order valence-electron chi connectivity index (χ3n) is 5.85. The number of anilines is 2. The molecule has 0 saturated heterocycles. The van der Waals surface area contributed by atoms with Crippen molar-refractivity contribution in [2.24, 2.45) is 0 Å². The van der Waals surface area contributed by atoms with Crippen molar-refractivity contribution >= 4 is 58.5 Å². The summed E-state index contributed by atoms with van der Waals surface area (Å²) in [5, 5.41) is 8.43. The Balaban J connectivity index is 1.40. The van der Waals surface area contributed by atoms with Crippen molar-refractivity contribution in [1.82, 2.24) is 5.32 Å². The molecule has 7 nitrogen and oxygen atoms in total. The van der Waals surface area contributed by atoms with E-state index >= 15 is 0 Å². The summed E-state index contributed by atoms with van der Waals surface area (Å²) >= 11 is 7.52. The number of halogens is 1. The Bertz CT molecular complexity index is 1540. The number of nitrogens with one attached hydrogen (secondary N) is 3. The molecule has 9 heteroatoms. The van der Waals surface area contributed by atoms with Crippen LogP contribution in [-0.2, 0) is 9.59 Å². The summed E-state index contributed by atoms with van der Waals surface area (Å²) in [5.74, 6) is -0.512. The molecule has 0 aliphatic carbocycles. The zero-order chi connectivity index (χ0) is 29.2. The molecule has 0 saturated carbocycles. The van der Waals surface area contributed by atoms with Gasteiger partial charge in [-0.2, -0.15) is 0 Å². The lowest BCUT2D eigenvalue weighted by Gasteiger charge is -2.14. The normalized spacial score (nSPS) is 11.7. The number of carbonyl (C=O) groups is 3. The van der Waals surface area contributed by atoms with Gasteiger partial charge >= 0.3 is 0 Å². The topological polar surface area (TPSA) is 96.5 Å². The monoisotopic (exact) mass is 585 g/mol. The van der Waals surface area contributed by atoms with Gasteiger partial charge in [-0.05, 0) is 73.2 Å². The molecule has 0 aliphatic heterocycles. The van der Waals surface area contributed by atoms with E-state index in [0.29, 0.717) is 27.7 Å². The van der Waals surface area contributed by atoms with Crippen LogP contribution in [-0.4, -0.2) is 30.1 Å². The highest BCUT2D eigenvalue weighted by Gasteiger charge is 2.17. The molecule has 0 aromatic heterocycles. The fraction of sp³-hybridized carbons (Fsp3) is 0.0938. The average molecular weight is 586 g/mol. The predicted octanol–water partition coefficient (Wildman–Crippen LogP) is 6.88. The summed E-state index contributed by atoms with van der Waals surface area (Å²) in [7, 11) is 1.53. The molecule has 1 atom stereocenters. The molecule has 1 unspecified atom stereocenters. The van der Waals surface area contributed by atoms with Crippen molar-refractivity contribution < 1.29 is 19.1 Å². The number of methoxy groups -OCH3 is 1. The first-order valence-electron chi connectivity index (χ1n) is 12.7. The Labute approximate surface area is 248 Å². The van der Waals surface area contributed by atoms with Crippen molar-refractivity contribution in [2.75, 3.05) is 17.7 Å². The molecular formula is C32H28ClN3O4S. The van der Waals surface area contributed by atoms with Gasteiger partial charge in [0, 0.05) is 21.8 Å². The molecule has 3 amide bonds. The van der Waals surface area contributed by atoms with Crippen LogP contribution in [0.3, 0.4) is 0 Å². The number of thioether (sulfide) groups is 1. The van der Waals surface area contributed by atoms with Crippen LogP contribution in [0.5, 0.6) is 5.75 Å². The van der Waals surface area contributed by atoms with Crippen LogP contribution < -0.4 is 20.7 Å². The van der Waals surface area contributed by atoms with Gasteiger partial charge in [-0.1, -0.05) is 60.1 Å². The molecule has 0 aliphatic rings. The molecule has 0 spiro atoms. The van der Waals surface area contributed by atoms with Gasteiger partial charge in [-0.15, -0.1) is 11.8 Å². The smallest absolute Gasteiger partial charge is 0.272 e. The lowest BCUT2D eigenvalue weighted by Crippen LogP contribution is -2.30. The van der Waals surface area contributed by atoms with Gasteiger partial charge in [-0.3, -0.25) is 14.4 Å². The van der Waals surface area contributed by atoms with E-state index in [4.69, 9.17) is 16.3 Å². The quantitative estimate of drug-likeness (QED) is 0.139. The molecule has 0 fully saturated rings. The molecular weight excluding hydrogens is 558 g/mol. The first-order valence-corrected chi connectivity index (χ1v) is 13.9. The fourth-order valence-corrected chi connectivity index (χ4v) is 4.84. The lowest BCUT2D eigenvalue weighted by atomic mass is 10.1. The van der Waals surface area contributed by atoms with E-state index in [1.54, 1.807) is 67.6 Å². The van der Waals surface area contributed by atoms with Crippen molar-refractivity contribution in [3.8, 4) is 5.75 Å². The maximum atomic E-state index is 13.2. The predicted molar refractivity (Wildman–Crippen MR) is 165 cm³/mol. The number of rotatable bonds is 10. The molecule has 41 heavy (non-hydrogen) atoms. The second-order valence-corrected chi connectivity index (χ2v) is 10.7. The largest absolute Gasteiger partial charge is 0.495 e. The van der Waals surface area contributed by atoms with Gasteiger partial charge in [0.15, 0.2) is 0 Å². The maximum Gasteiger partial charge on any atom is 0.272 e. The van der Waals surface area contributed by atoms with Crippen LogP contribution in [0.25, 0.3) is 6.08 Å². The molecule has 0 radical (unpaired) electrons. The van der Waals surface area contributed by atoms with Crippen LogP contribution in [0.2, 0.25) is 5.02 Å². The minimum Gasteiger partial charge on any atom is -0.495 e. The Hall–Kier alpha value is -4.53. The Kier molecular flexibility index (Phi) is 10.2. The third-order valence-corrected chi connectivity index (χ3v) is 7.26. The van der Waals surface area contributed by atoms with E-state index in [9.17, 15) is 14.4 Å². The van der Waals surface area contributed by atoms with Gasteiger partial charge in [0.1, 0.15) is 11.4 Å². The van der Waals surface area contributed by atoms with E-state index in [1.165, 1.54) is 18.9 Å². The SMILES string of the molecule is COc1ccc(NC(=O)C(C)Sc2ccc(NC(=O)/C(=C/c3ccccc3)NC(=O)c3ccccc3)cc2)cc1Cl. The summed E-state index contributed by atoms with van der Waals surface area (Å²) < 4.78 is 5.14. The first kappa shape index (κ1) is 29.5. The second kappa shape index (κ2) is 14.2. The maximum absolute atomic E-state index is 13.2. The van der Waals surface area contributed by atoms with E-state index < -0.39 is 11.2 Å². The van der Waals surface area contributed by atoms with E-state index in [2.05, 4.69) is 16.0 Å². The molecule has 4 rings (SSSR count).